The summed E-state index contributed by atoms with van der Waals surface area (Å²) in [6.07, 6.45) is 9.76. The molecule has 3 nitrogen and oxygen atoms in total. The average Bonchev–Trinajstić information content (AvgIpc) is 3.05. The fourth-order valence-electron chi connectivity index (χ4n) is 5.33. The molecular weight excluding hydrogens is 340 g/mol. The second-order valence-electron chi connectivity index (χ2n) is 8.61. The Morgan fingerprint density at radius 1 is 1.15 bits per heavy atom. The SMILES string of the molecule is CCCCC1CC2CCC(C1)N2CC(C)Cn1c(=O)sc2ccccc21. The number of thiazole rings is 1. The van der Waals surface area contributed by atoms with Crippen molar-refractivity contribution in [3.05, 3.63) is 33.9 Å². The van der Waals surface area contributed by atoms with E-state index in [1.807, 2.05) is 16.7 Å². The molecule has 0 saturated carbocycles. The predicted molar refractivity (Wildman–Crippen MR) is 111 cm³/mol. The Labute approximate surface area is 161 Å². The molecule has 0 radical (unpaired) electrons. The van der Waals surface area contributed by atoms with Crippen LogP contribution in [-0.2, 0) is 6.54 Å². The van der Waals surface area contributed by atoms with Crippen LogP contribution in [0.5, 0.6) is 0 Å². The van der Waals surface area contributed by atoms with E-state index in [1.54, 1.807) is 0 Å². The van der Waals surface area contributed by atoms with Crippen LogP contribution in [0.1, 0.15) is 58.8 Å². The highest BCUT2D eigenvalue weighted by molar-refractivity contribution is 7.16. The van der Waals surface area contributed by atoms with Crippen molar-refractivity contribution in [2.24, 2.45) is 11.8 Å². The summed E-state index contributed by atoms with van der Waals surface area (Å²) < 4.78 is 3.11. The Kier molecular flexibility index (Phi) is 5.51. The third-order valence-corrected chi connectivity index (χ3v) is 7.50. The van der Waals surface area contributed by atoms with E-state index in [1.165, 1.54) is 56.3 Å². The van der Waals surface area contributed by atoms with Gasteiger partial charge in [-0.05, 0) is 49.7 Å². The zero-order valence-electron chi connectivity index (χ0n) is 16.2. The lowest BCUT2D eigenvalue weighted by Gasteiger charge is -2.40. The highest BCUT2D eigenvalue weighted by Crippen LogP contribution is 2.40. The van der Waals surface area contributed by atoms with Crippen molar-refractivity contribution in [2.45, 2.75) is 77.4 Å². The fourth-order valence-corrected chi connectivity index (χ4v) is 6.23. The van der Waals surface area contributed by atoms with Gasteiger partial charge in [0, 0.05) is 25.2 Å². The van der Waals surface area contributed by atoms with Crippen molar-refractivity contribution < 1.29 is 0 Å². The van der Waals surface area contributed by atoms with Crippen LogP contribution >= 0.6 is 11.3 Å². The predicted octanol–water partition coefficient (Wildman–Crippen LogP) is 5.13. The maximum atomic E-state index is 12.4. The van der Waals surface area contributed by atoms with Gasteiger partial charge in [-0.3, -0.25) is 14.3 Å². The van der Waals surface area contributed by atoms with Crippen molar-refractivity contribution in [1.82, 2.24) is 9.47 Å². The number of benzene rings is 1. The molecule has 4 rings (SSSR count). The lowest BCUT2D eigenvalue weighted by Crippen LogP contribution is -2.45. The van der Waals surface area contributed by atoms with Gasteiger partial charge in [0.15, 0.2) is 0 Å². The summed E-state index contributed by atoms with van der Waals surface area (Å²) >= 11 is 1.38. The lowest BCUT2D eigenvalue weighted by atomic mass is 9.86. The molecule has 1 aromatic heterocycles. The quantitative estimate of drug-likeness (QED) is 0.673. The zero-order valence-corrected chi connectivity index (χ0v) is 17.0. The molecule has 26 heavy (non-hydrogen) atoms. The standard InChI is InChI=1S/C22H32N2OS/c1-3-4-7-17-12-18-10-11-19(13-17)23(18)14-16(2)15-24-20-8-5-6-9-21(20)26-22(24)25/h5-6,8-9,16-19H,3-4,7,10-15H2,1-2H3. The Balaban J connectivity index is 1.40. The van der Waals surface area contributed by atoms with Gasteiger partial charge in [-0.2, -0.15) is 0 Å². The molecule has 2 aliphatic rings. The minimum atomic E-state index is 0.194. The number of piperidine rings is 1. The second kappa shape index (κ2) is 7.85. The Bertz CT molecular complexity index is 781. The maximum absolute atomic E-state index is 12.4. The van der Waals surface area contributed by atoms with Crippen molar-refractivity contribution in [1.29, 1.82) is 0 Å². The molecule has 4 heteroatoms. The highest BCUT2D eigenvalue weighted by atomic mass is 32.1. The number of aromatic nitrogens is 1. The summed E-state index contributed by atoms with van der Waals surface area (Å²) in [5, 5.41) is 0. The summed E-state index contributed by atoms with van der Waals surface area (Å²) in [4.78, 5) is 15.4. The van der Waals surface area contributed by atoms with E-state index < -0.39 is 0 Å². The van der Waals surface area contributed by atoms with Gasteiger partial charge in [0.2, 0.25) is 0 Å². The van der Waals surface area contributed by atoms with Crippen LogP contribution in [0.25, 0.3) is 10.2 Å². The van der Waals surface area contributed by atoms with Crippen molar-refractivity contribution in [3.8, 4) is 0 Å². The first-order chi connectivity index (χ1) is 12.7. The van der Waals surface area contributed by atoms with Crippen molar-refractivity contribution in [2.75, 3.05) is 6.54 Å². The molecule has 3 heterocycles. The minimum Gasteiger partial charge on any atom is -0.298 e. The monoisotopic (exact) mass is 372 g/mol. The molecule has 0 N–H and O–H groups in total. The van der Waals surface area contributed by atoms with Crippen LogP contribution in [0, 0.1) is 11.8 Å². The van der Waals surface area contributed by atoms with E-state index in [9.17, 15) is 4.79 Å². The molecule has 2 aromatic rings. The molecule has 0 amide bonds. The second-order valence-corrected chi connectivity index (χ2v) is 9.61. The topological polar surface area (TPSA) is 25.2 Å². The molecule has 0 aliphatic carbocycles. The first-order valence-electron chi connectivity index (χ1n) is 10.5. The van der Waals surface area contributed by atoms with Crippen LogP contribution in [0.3, 0.4) is 0 Å². The third-order valence-electron chi connectivity index (χ3n) is 6.54. The molecule has 3 atom stereocenters. The zero-order chi connectivity index (χ0) is 18.1. The largest absolute Gasteiger partial charge is 0.308 e. The summed E-state index contributed by atoms with van der Waals surface area (Å²) in [7, 11) is 0. The van der Waals surface area contributed by atoms with E-state index in [-0.39, 0.29) is 4.87 Å². The first kappa shape index (κ1) is 18.2. The number of rotatable bonds is 7. The van der Waals surface area contributed by atoms with Crippen LogP contribution in [-0.4, -0.2) is 28.1 Å². The van der Waals surface area contributed by atoms with Crippen LogP contribution in [0.4, 0.5) is 0 Å². The van der Waals surface area contributed by atoms with Gasteiger partial charge in [-0.25, -0.2) is 0 Å². The fraction of sp³-hybridized carbons (Fsp3) is 0.682. The normalized spacial score (nSPS) is 27.2. The number of para-hydroxylation sites is 1. The molecule has 2 aliphatic heterocycles. The van der Waals surface area contributed by atoms with Crippen LogP contribution in [0.2, 0.25) is 0 Å². The smallest absolute Gasteiger partial charge is 0.298 e. The number of hydrogen-bond acceptors (Lipinski definition) is 3. The third kappa shape index (κ3) is 3.63. The summed E-state index contributed by atoms with van der Waals surface area (Å²) in [6, 6.07) is 9.80. The van der Waals surface area contributed by atoms with E-state index in [0.717, 1.165) is 41.3 Å². The Morgan fingerprint density at radius 2 is 1.88 bits per heavy atom. The van der Waals surface area contributed by atoms with E-state index in [2.05, 4.69) is 30.9 Å². The van der Waals surface area contributed by atoms with Gasteiger partial charge in [-0.15, -0.1) is 0 Å². The molecule has 0 spiro atoms. The average molecular weight is 373 g/mol. The van der Waals surface area contributed by atoms with Crippen LogP contribution < -0.4 is 4.87 Å². The summed E-state index contributed by atoms with van der Waals surface area (Å²) in [6.45, 7) is 6.62. The van der Waals surface area contributed by atoms with Crippen LogP contribution in [0.15, 0.2) is 29.1 Å². The van der Waals surface area contributed by atoms with Gasteiger partial charge in [0.05, 0.1) is 10.2 Å². The molecule has 2 bridgehead atoms. The summed E-state index contributed by atoms with van der Waals surface area (Å²) in [5.41, 5.74) is 1.11. The number of unbranched alkanes of at least 4 members (excludes halogenated alkanes) is 1. The maximum Gasteiger partial charge on any atom is 0.308 e. The highest BCUT2D eigenvalue weighted by Gasteiger charge is 2.40. The summed E-state index contributed by atoms with van der Waals surface area (Å²) in [5.74, 6) is 1.48. The molecule has 2 saturated heterocycles. The van der Waals surface area contributed by atoms with Gasteiger partial charge in [0.25, 0.3) is 0 Å². The Morgan fingerprint density at radius 3 is 2.62 bits per heavy atom. The molecule has 1 aromatic carbocycles. The van der Waals surface area contributed by atoms with Gasteiger partial charge < -0.3 is 0 Å². The van der Waals surface area contributed by atoms with E-state index >= 15 is 0 Å². The molecular formula is C22H32N2OS. The first-order valence-corrected chi connectivity index (χ1v) is 11.3. The number of nitrogens with zero attached hydrogens (tertiary/aromatic N) is 2. The number of fused-ring (bicyclic) bond motifs is 3. The van der Waals surface area contributed by atoms with Crippen molar-refractivity contribution >= 4 is 21.6 Å². The Hall–Kier alpha value is -1.13. The van der Waals surface area contributed by atoms with E-state index in [0.29, 0.717) is 5.92 Å². The van der Waals surface area contributed by atoms with Gasteiger partial charge in [0.1, 0.15) is 0 Å². The number of hydrogen-bond donors (Lipinski definition) is 0. The molecule has 3 unspecified atom stereocenters. The molecule has 142 valence electrons. The minimum absolute atomic E-state index is 0.194. The molecule has 2 fully saturated rings. The van der Waals surface area contributed by atoms with Gasteiger partial charge in [-0.1, -0.05) is 56.6 Å². The van der Waals surface area contributed by atoms with E-state index in [4.69, 9.17) is 0 Å². The van der Waals surface area contributed by atoms with Gasteiger partial charge >= 0.3 is 4.87 Å². The lowest BCUT2D eigenvalue weighted by molar-refractivity contribution is 0.0820. The van der Waals surface area contributed by atoms with Crippen molar-refractivity contribution in [3.63, 3.8) is 0 Å².